The van der Waals surface area contributed by atoms with Crippen LogP contribution >= 0.6 is 0 Å². The third-order valence-corrected chi connectivity index (χ3v) is 3.87. The summed E-state index contributed by atoms with van der Waals surface area (Å²) >= 11 is 0. The summed E-state index contributed by atoms with van der Waals surface area (Å²) in [7, 11) is 0. The van der Waals surface area contributed by atoms with Crippen LogP contribution in [0.5, 0.6) is 0 Å². The molecule has 0 aromatic heterocycles. The van der Waals surface area contributed by atoms with E-state index in [2.05, 4.69) is 55.4 Å². The van der Waals surface area contributed by atoms with Crippen molar-refractivity contribution in [2.45, 2.75) is 81.1 Å². The number of aliphatic carboxylic acids is 1. The third-order valence-electron chi connectivity index (χ3n) is 3.87. The van der Waals surface area contributed by atoms with Gasteiger partial charge in [0, 0.05) is 0 Å². The van der Waals surface area contributed by atoms with Gasteiger partial charge in [0.25, 0.3) is 0 Å². The van der Waals surface area contributed by atoms with E-state index in [-0.39, 0.29) is 46.8 Å². The van der Waals surface area contributed by atoms with Gasteiger partial charge in [0.1, 0.15) is 0 Å². The van der Waals surface area contributed by atoms with Crippen molar-refractivity contribution in [2.75, 3.05) is 0 Å². The van der Waals surface area contributed by atoms with E-state index in [1.807, 2.05) is 0 Å². The standard InChI is InChI=1S/C18H36O2.Na.H/c1-13(11-17(3,4)5)9-10-15(16(19)20)14(2)12-18(6,7)8;;/h13-15H,9-12H2,1-8H3,(H,19,20);;. The van der Waals surface area contributed by atoms with Gasteiger partial charge in [0.15, 0.2) is 0 Å². The van der Waals surface area contributed by atoms with Crippen LogP contribution in [0.15, 0.2) is 0 Å². The molecule has 0 aliphatic carbocycles. The van der Waals surface area contributed by atoms with Gasteiger partial charge in [-0.15, -0.1) is 0 Å². The van der Waals surface area contributed by atoms with Crippen molar-refractivity contribution in [3.63, 3.8) is 0 Å². The molecule has 0 amide bonds. The average molecular weight is 308 g/mol. The van der Waals surface area contributed by atoms with Crippen LogP contribution in [0.2, 0.25) is 0 Å². The molecule has 0 rings (SSSR count). The van der Waals surface area contributed by atoms with Crippen LogP contribution in [0.4, 0.5) is 0 Å². The number of hydrogen-bond donors (Lipinski definition) is 1. The number of rotatable bonds is 7. The van der Waals surface area contributed by atoms with Crippen molar-refractivity contribution in [3.8, 4) is 0 Å². The molecule has 0 heterocycles. The van der Waals surface area contributed by atoms with Crippen LogP contribution in [0.25, 0.3) is 0 Å². The number of carboxylic acids is 1. The van der Waals surface area contributed by atoms with Crippen molar-refractivity contribution >= 4 is 35.5 Å². The summed E-state index contributed by atoms with van der Waals surface area (Å²) in [6, 6.07) is 0. The van der Waals surface area contributed by atoms with Crippen LogP contribution in [0, 0.1) is 28.6 Å². The fourth-order valence-electron chi connectivity index (χ4n) is 3.37. The average Bonchev–Trinajstić information content (AvgIpc) is 2.10. The summed E-state index contributed by atoms with van der Waals surface area (Å²) in [5.74, 6) is 0.0226. The monoisotopic (exact) mass is 308 g/mol. The Morgan fingerprint density at radius 1 is 0.905 bits per heavy atom. The summed E-state index contributed by atoms with van der Waals surface area (Å²) < 4.78 is 0. The maximum atomic E-state index is 11.5. The van der Waals surface area contributed by atoms with E-state index < -0.39 is 5.97 Å². The Morgan fingerprint density at radius 2 is 1.33 bits per heavy atom. The zero-order valence-corrected chi connectivity index (χ0v) is 14.9. The quantitative estimate of drug-likeness (QED) is 0.675. The fraction of sp³-hybridized carbons (Fsp3) is 0.944. The maximum absolute atomic E-state index is 11.5. The first-order chi connectivity index (χ1) is 8.82. The second-order valence-electron chi connectivity index (χ2n) is 9.13. The third kappa shape index (κ3) is 12.7. The molecule has 3 atom stereocenters. The summed E-state index contributed by atoms with van der Waals surface area (Å²) in [4.78, 5) is 11.5. The Hall–Kier alpha value is 0.470. The molecule has 0 spiro atoms. The molecule has 0 aliphatic rings. The normalized spacial score (nSPS) is 16.8. The van der Waals surface area contributed by atoms with Crippen molar-refractivity contribution < 1.29 is 9.90 Å². The molecule has 0 aromatic rings. The summed E-state index contributed by atoms with van der Waals surface area (Å²) in [6.07, 6.45) is 3.96. The van der Waals surface area contributed by atoms with Gasteiger partial charge in [-0.3, -0.25) is 4.79 Å². The van der Waals surface area contributed by atoms with E-state index in [9.17, 15) is 9.90 Å². The van der Waals surface area contributed by atoms with Gasteiger partial charge in [-0.1, -0.05) is 55.4 Å². The molecule has 0 aromatic carbocycles. The number of hydrogen-bond acceptors (Lipinski definition) is 1. The van der Waals surface area contributed by atoms with E-state index in [0.717, 1.165) is 25.7 Å². The van der Waals surface area contributed by atoms with Crippen LogP contribution in [-0.2, 0) is 4.79 Å². The Bertz CT molecular complexity index is 299. The van der Waals surface area contributed by atoms with Gasteiger partial charge in [0.2, 0.25) is 0 Å². The van der Waals surface area contributed by atoms with Gasteiger partial charge in [0.05, 0.1) is 5.92 Å². The van der Waals surface area contributed by atoms with Crippen molar-refractivity contribution in [2.24, 2.45) is 28.6 Å². The minimum atomic E-state index is -0.621. The van der Waals surface area contributed by atoms with E-state index in [1.54, 1.807) is 0 Å². The molecule has 2 nitrogen and oxygen atoms in total. The van der Waals surface area contributed by atoms with Crippen LogP contribution in [-0.4, -0.2) is 40.6 Å². The molecule has 3 unspecified atom stereocenters. The zero-order chi connectivity index (χ0) is 16.1. The van der Waals surface area contributed by atoms with Crippen molar-refractivity contribution in [1.29, 1.82) is 0 Å². The molecule has 0 bridgehead atoms. The molecule has 0 fully saturated rings. The molecular weight excluding hydrogens is 271 g/mol. The van der Waals surface area contributed by atoms with Crippen LogP contribution < -0.4 is 0 Å². The molecule has 21 heavy (non-hydrogen) atoms. The summed E-state index contributed by atoms with van der Waals surface area (Å²) in [5.41, 5.74) is 0.527. The second kappa shape index (κ2) is 9.57. The van der Waals surface area contributed by atoms with Crippen molar-refractivity contribution in [3.05, 3.63) is 0 Å². The van der Waals surface area contributed by atoms with Gasteiger partial charge in [-0.25, -0.2) is 0 Å². The predicted molar refractivity (Wildman–Crippen MR) is 94.0 cm³/mol. The molecule has 0 saturated carbocycles. The summed E-state index contributed by atoms with van der Waals surface area (Å²) in [6.45, 7) is 17.7. The summed E-state index contributed by atoms with van der Waals surface area (Å²) in [5, 5.41) is 9.49. The van der Waals surface area contributed by atoms with E-state index in [1.165, 1.54) is 0 Å². The van der Waals surface area contributed by atoms with Gasteiger partial charge in [-0.2, -0.15) is 0 Å². The Balaban J connectivity index is 0. The van der Waals surface area contributed by atoms with E-state index in [4.69, 9.17) is 0 Å². The van der Waals surface area contributed by atoms with Gasteiger partial charge in [-0.05, 0) is 48.3 Å². The minimum absolute atomic E-state index is 0. The predicted octanol–water partition coefficient (Wildman–Crippen LogP) is 4.96. The Morgan fingerprint density at radius 3 is 1.67 bits per heavy atom. The SMILES string of the molecule is CC(CCC(C(=O)O)C(C)CC(C)(C)C)CC(C)(C)C.[NaH]. The van der Waals surface area contributed by atoms with E-state index in [0.29, 0.717) is 11.3 Å². The van der Waals surface area contributed by atoms with Gasteiger partial charge < -0.3 is 5.11 Å². The number of carboxylic acid groups (broad SMARTS) is 1. The Kier molecular flexibility index (Phi) is 10.8. The second-order valence-corrected chi connectivity index (χ2v) is 9.13. The number of carbonyl (C=O) groups is 1. The Labute approximate surface area is 154 Å². The molecular formula is C18H37NaO2. The molecule has 3 heteroatoms. The zero-order valence-electron chi connectivity index (χ0n) is 14.9. The molecule has 122 valence electrons. The topological polar surface area (TPSA) is 37.3 Å². The molecule has 0 saturated heterocycles. The van der Waals surface area contributed by atoms with Crippen LogP contribution in [0.3, 0.4) is 0 Å². The molecule has 0 aliphatic heterocycles. The van der Waals surface area contributed by atoms with Crippen molar-refractivity contribution in [1.82, 2.24) is 0 Å². The first-order valence-electron chi connectivity index (χ1n) is 8.04. The first-order valence-corrected chi connectivity index (χ1v) is 8.04. The molecule has 1 N–H and O–H groups in total. The first kappa shape index (κ1) is 23.7. The molecule has 0 radical (unpaired) electrons. The van der Waals surface area contributed by atoms with E-state index >= 15 is 0 Å². The fourth-order valence-corrected chi connectivity index (χ4v) is 3.37. The van der Waals surface area contributed by atoms with Crippen LogP contribution in [0.1, 0.15) is 81.1 Å². The van der Waals surface area contributed by atoms with Gasteiger partial charge >= 0.3 is 35.5 Å².